The summed E-state index contributed by atoms with van der Waals surface area (Å²) in [6, 6.07) is 17.9. The van der Waals surface area contributed by atoms with E-state index < -0.39 is 0 Å². The number of likely N-dealkylation sites (tertiary alicyclic amines) is 1. The quantitative estimate of drug-likeness (QED) is 0.462. The van der Waals surface area contributed by atoms with Gasteiger partial charge in [0, 0.05) is 54.5 Å². The van der Waals surface area contributed by atoms with Gasteiger partial charge in [-0.1, -0.05) is 24.3 Å². The predicted molar refractivity (Wildman–Crippen MR) is 130 cm³/mol. The fraction of sp³-hybridized carbons (Fsp3) is 0.259. The lowest BCUT2D eigenvalue weighted by Gasteiger charge is -2.21. The lowest BCUT2D eigenvalue weighted by molar-refractivity contribution is 0.0760. The van der Waals surface area contributed by atoms with Crippen molar-refractivity contribution in [2.45, 2.75) is 25.7 Å². The van der Waals surface area contributed by atoms with Gasteiger partial charge in [0.1, 0.15) is 0 Å². The first kappa shape index (κ1) is 21.1. The fourth-order valence-corrected chi connectivity index (χ4v) is 4.66. The zero-order valence-electron chi connectivity index (χ0n) is 18.5. The summed E-state index contributed by atoms with van der Waals surface area (Å²) in [6.07, 6.45) is 11.4. The zero-order valence-corrected chi connectivity index (χ0v) is 18.5. The maximum atomic E-state index is 13.3. The Kier molecular flexibility index (Phi) is 6.24. The lowest BCUT2D eigenvalue weighted by atomic mass is 9.90. The van der Waals surface area contributed by atoms with Crippen LogP contribution in [0, 0.1) is 5.92 Å². The Bertz CT molecular complexity index is 1240. The molecule has 1 unspecified atom stereocenters. The fourth-order valence-electron chi connectivity index (χ4n) is 4.66. The molecule has 1 atom stereocenters. The van der Waals surface area contributed by atoms with E-state index in [1.165, 1.54) is 16.3 Å². The summed E-state index contributed by atoms with van der Waals surface area (Å²) < 4.78 is 0. The van der Waals surface area contributed by atoms with Crippen molar-refractivity contribution in [2.24, 2.45) is 5.92 Å². The van der Waals surface area contributed by atoms with Gasteiger partial charge in [-0.15, -0.1) is 0 Å². The van der Waals surface area contributed by atoms with Crippen LogP contribution in [0.15, 0.2) is 79.4 Å². The van der Waals surface area contributed by atoms with Gasteiger partial charge in [-0.05, 0) is 72.9 Å². The van der Waals surface area contributed by atoms with Crippen LogP contribution in [-0.2, 0) is 6.42 Å². The Balaban J connectivity index is 1.24. The number of aromatic nitrogens is 3. The average molecular weight is 438 g/mol. The average Bonchev–Trinajstić information content (AvgIpc) is 3.10. The highest BCUT2D eigenvalue weighted by molar-refractivity contribution is 5.95. The van der Waals surface area contributed by atoms with Gasteiger partial charge in [-0.2, -0.15) is 0 Å². The third-order valence-corrected chi connectivity index (χ3v) is 6.35. The topological polar surface area (TPSA) is 71.0 Å². The number of hydrogen-bond donors (Lipinski definition) is 1. The molecule has 0 radical (unpaired) electrons. The van der Waals surface area contributed by atoms with E-state index in [4.69, 9.17) is 0 Å². The van der Waals surface area contributed by atoms with E-state index in [2.05, 4.69) is 44.5 Å². The van der Waals surface area contributed by atoms with Crippen LogP contribution in [0.5, 0.6) is 0 Å². The van der Waals surface area contributed by atoms with Crippen LogP contribution < -0.4 is 5.32 Å². The minimum absolute atomic E-state index is 0.0875. The second kappa shape index (κ2) is 9.77. The van der Waals surface area contributed by atoms with Crippen LogP contribution in [0.25, 0.3) is 10.8 Å². The number of hydrogen-bond acceptors (Lipinski definition) is 5. The highest BCUT2D eigenvalue weighted by Gasteiger charge is 2.22. The van der Waals surface area contributed by atoms with Gasteiger partial charge in [-0.3, -0.25) is 9.78 Å². The van der Waals surface area contributed by atoms with Crippen molar-refractivity contribution in [3.63, 3.8) is 0 Å². The summed E-state index contributed by atoms with van der Waals surface area (Å²) in [6.45, 7) is 1.59. The SMILES string of the molecule is O=C(c1cccc(Nc2ncccn2)c1)N1CCCC(Cc2cccc3cnccc23)CC1. The Hall–Kier alpha value is -3.80. The van der Waals surface area contributed by atoms with E-state index in [1.54, 1.807) is 18.5 Å². The molecule has 1 amide bonds. The van der Waals surface area contributed by atoms with Crippen molar-refractivity contribution in [3.8, 4) is 0 Å². The molecule has 6 nitrogen and oxygen atoms in total. The first-order valence-corrected chi connectivity index (χ1v) is 11.5. The molecule has 1 N–H and O–H groups in total. The second-order valence-electron chi connectivity index (χ2n) is 8.59. The summed E-state index contributed by atoms with van der Waals surface area (Å²) in [5, 5.41) is 5.64. The van der Waals surface area contributed by atoms with Crippen LogP contribution in [0.3, 0.4) is 0 Å². The smallest absolute Gasteiger partial charge is 0.253 e. The minimum Gasteiger partial charge on any atom is -0.339 e. The second-order valence-corrected chi connectivity index (χ2v) is 8.59. The molecule has 1 aliphatic heterocycles. The maximum Gasteiger partial charge on any atom is 0.253 e. The summed E-state index contributed by atoms with van der Waals surface area (Å²) in [7, 11) is 0. The number of rotatable bonds is 5. The molecule has 0 saturated carbocycles. The molecule has 33 heavy (non-hydrogen) atoms. The van der Waals surface area contributed by atoms with Crippen LogP contribution in [-0.4, -0.2) is 38.8 Å². The molecule has 1 fully saturated rings. The molecule has 1 saturated heterocycles. The van der Waals surface area contributed by atoms with Crippen molar-refractivity contribution in [3.05, 3.63) is 90.5 Å². The van der Waals surface area contributed by atoms with Gasteiger partial charge in [0.05, 0.1) is 0 Å². The standard InChI is InChI=1S/C27H27N5O/c33-26(22-7-2-9-24(18-22)31-27-29-12-4-13-30-27)32-15-3-5-20(11-16-32)17-21-6-1-8-23-19-28-14-10-25(21)23/h1-2,4,6-10,12-14,18-20H,3,5,11,15-17H2,(H,29,30,31). The molecule has 0 spiro atoms. The number of carbonyl (C=O) groups is 1. The predicted octanol–water partition coefficient (Wildman–Crippen LogP) is 5.25. The zero-order chi connectivity index (χ0) is 22.5. The molecule has 166 valence electrons. The summed E-state index contributed by atoms with van der Waals surface area (Å²) in [5.41, 5.74) is 2.88. The highest BCUT2D eigenvalue weighted by Crippen LogP contribution is 2.27. The van der Waals surface area contributed by atoms with Crippen molar-refractivity contribution in [2.75, 3.05) is 18.4 Å². The number of pyridine rings is 1. The van der Waals surface area contributed by atoms with Crippen molar-refractivity contribution in [1.82, 2.24) is 19.9 Å². The van der Waals surface area contributed by atoms with Crippen LogP contribution in [0.2, 0.25) is 0 Å². The van der Waals surface area contributed by atoms with E-state index in [9.17, 15) is 4.79 Å². The third kappa shape index (κ3) is 5.00. The molecule has 4 aromatic rings. The Morgan fingerprint density at radius 1 is 0.970 bits per heavy atom. The van der Waals surface area contributed by atoms with Crippen LogP contribution in [0.4, 0.5) is 11.6 Å². The molecule has 6 heteroatoms. The van der Waals surface area contributed by atoms with E-state index in [1.807, 2.05) is 41.6 Å². The molecule has 5 rings (SSSR count). The maximum absolute atomic E-state index is 13.3. The normalized spacial score (nSPS) is 16.4. The Morgan fingerprint density at radius 2 is 1.85 bits per heavy atom. The van der Waals surface area contributed by atoms with Crippen LogP contribution in [0.1, 0.15) is 35.2 Å². The van der Waals surface area contributed by atoms with Gasteiger partial charge in [-0.25, -0.2) is 9.97 Å². The van der Waals surface area contributed by atoms with E-state index in [0.717, 1.165) is 44.5 Å². The number of fused-ring (bicyclic) bond motifs is 1. The molecule has 0 aliphatic carbocycles. The van der Waals surface area contributed by atoms with Gasteiger partial charge in [0.15, 0.2) is 0 Å². The number of anilines is 2. The molecule has 3 heterocycles. The highest BCUT2D eigenvalue weighted by atomic mass is 16.2. The molecular weight excluding hydrogens is 410 g/mol. The van der Waals surface area contributed by atoms with Gasteiger partial charge in [0.2, 0.25) is 5.95 Å². The number of benzene rings is 2. The van der Waals surface area contributed by atoms with E-state index in [-0.39, 0.29) is 5.91 Å². The number of amides is 1. The molecule has 2 aromatic carbocycles. The van der Waals surface area contributed by atoms with Gasteiger partial charge < -0.3 is 10.2 Å². The molecule has 1 aliphatic rings. The summed E-state index contributed by atoms with van der Waals surface area (Å²) >= 11 is 0. The largest absolute Gasteiger partial charge is 0.339 e. The third-order valence-electron chi connectivity index (χ3n) is 6.35. The van der Waals surface area contributed by atoms with Gasteiger partial charge >= 0.3 is 0 Å². The van der Waals surface area contributed by atoms with Crippen molar-refractivity contribution < 1.29 is 4.79 Å². The van der Waals surface area contributed by atoms with Crippen molar-refractivity contribution in [1.29, 1.82) is 0 Å². The van der Waals surface area contributed by atoms with E-state index >= 15 is 0 Å². The van der Waals surface area contributed by atoms with Crippen molar-refractivity contribution >= 4 is 28.3 Å². The van der Waals surface area contributed by atoms with Gasteiger partial charge in [0.25, 0.3) is 5.91 Å². The summed E-state index contributed by atoms with van der Waals surface area (Å²) in [5.74, 6) is 1.18. The summed E-state index contributed by atoms with van der Waals surface area (Å²) in [4.78, 5) is 27.9. The Labute approximate surface area is 193 Å². The first-order valence-electron chi connectivity index (χ1n) is 11.5. The minimum atomic E-state index is 0.0875. The molecule has 0 bridgehead atoms. The monoisotopic (exact) mass is 437 g/mol. The molecule has 2 aromatic heterocycles. The Morgan fingerprint density at radius 3 is 2.76 bits per heavy atom. The van der Waals surface area contributed by atoms with E-state index in [0.29, 0.717) is 17.4 Å². The molecular formula is C27H27N5O. The first-order chi connectivity index (χ1) is 16.3. The van der Waals surface area contributed by atoms with Crippen LogP contribution >= 0.6 is 0 Å². The number of nitrogens with one attached hydrogen (secondary N) is 1. The lowest BCUT2D eigenvalue weighted by Crippen LogP contribution is -2.32. The number of carbonyl (C=O) groups excluding carboxylic acids is 1. The number of nitrogens with zero attached hydrogens (tertiary/aromatic N) is 4.